The molecule has 1 heteroatoms. The van der Waals surface area contributed by atoms with Gasteiger partial charge < -0.3 is 5.11 Å². The maximum absolute atomic E-state index is 8.92. The Hall–Kier alpha value is -0.0400. The van der Waals surface area contributed by atoms with Crippen molar-refractivity contribution in [3.05, 3.63) is 0 Å². The number of hydrogen-bond acceptors (Lipinski definition) is 1. The van der Waals surface area contributed by atoms with Crippen LogP contribution in [0.1, 0.15) is 26.7 Å². The van der Waals surface area contributed by atoms with E-state index < -0.39 is 0 Å². The highest BCUT2D eigenvalue weighted by molar-refractivity contribution is 5.18. The Morgan fingerprint density at radius 1 is 1.56 bits per heavy atom. The van der Waals surface area contributed by atoms with Crippen LogP contribution in [0, 0.1) is 16.7 Å². The van der Waals surface area contributed by atoms with Crippen molar-refractivity contribution < 1.29 is 5.11 Å². The van der Waals surface area contributed by atoms with Gasteiger partial charge in [-0.1, -0.05) is 13.8 Å². The van der Waals surface area contributed by atoms with Crippen molar-refractivity contribution in [1.82, 2.24) is 0 Å². The van der Waals surface area contributed by atoms with Crippen LogP contribution in [0.2, 0.25) is 0 Å². The van der Waals surface area contributed by atoms with E-state index in [0.29, 0.717) is 17.4 Å². The van der Waals surface area contributed by atoms with E-state index in [0.717, 1.165) is 5.92 Å². The third-order valence-corrected chi connectivity index (χ3v) is 3.26. The van der Waals surface area contributed by atoms with E-state index >= 15 is 0 Å². The fourth-order valence-corrected chi connectivity index (χ4v) is 2.78. The smallest absolute Gasteiger partial charge is 0.0490 e. The molecule has 0 aliphatic heterocycles. The van der Waals surface area contributed by atoms with E-state index in [1.54, 1.807) is 0 Å². The van der Waals surface area contributed by atoms with E-state index in [1.165, 1.54) is 12.8 Å². The van der Waals surface area contributed by atoms with Gasteiger partial charge in [-0.15, -0.1) is 0 Å². The van der Waals surface area contributed by atoms with Crippen LogP contribution in [0.3, 0.4) is 0 Å². The topological polar surface area (TPSA) is 20.2 Å². The quantitative estimate of drug-likeness (QED) is 0.563. The van der Waals surface area contributed by atoms with Gasteiger partial charge in [-0.05, 0) is 29.6 Å². The van der Waals surface area contributed by atoms with Crippen molar-refractivity contribution in [2.45, 2.75) is 26.7 Å². The van der Waals surface area contributed by atoms with E-state index in [4.69, 9.17) is 5.11 Å². The summed E-state index contributed by atoms with van der Waals surface area (Å²) in [6.45, 7) is 5.04. The first-order chi connectivity index (χ1) is 4.11. The third-order valence-electron chi connectivity index (χ3n) is 3.26. The zero-order chi connectivity index (χ0) is 6.70. The first-order valence-electron chi connectivity index (χ1n) is 3.72. The summed E-state index contributed by atoms with van der Waals surface area (Å²) in [5.74, 6) is 0.856. The third kappa shape index (κ3) is 0.493. The lowest BCUT2D eigenvalue weighted by Crippen LogP contribution is -2.35. The Morgan fingerprint density at radius 3 is 2.33 bits per heavy atom. The molecule has 2 unspecified atom stereocenters. The van der Waals surface area contributed by atoms with Crippen molar-refractivity contribution in [3.63, 3.8) is 0 Å². The van der Waals surface area contributed by atoms with Gasteiger partial charge in [0.15, 0.2) is 0 Å². The SMILES string of the molecule is CC1(C)CC2(CO)CC12. The van der Waals surface area contributed by atoms with Gasteiger partial charge in [0, 0.05) is 6.61 Å². The molecular formula is C8H14O. The van der Waals surface area contributed by atoms with Gasteiger partial charge in [-0.25, -0.2) is 0 Å². The number of hydrogen-bond donors (Lipinski definition) is 1. The minimum Gasteiger partial charge on any atom is -0.396 e. The zero-order valence-electron chi connectivity index (χ0n) is 6.15. The number of fused-ring (bicyclic) bond motifs is 1. The molecule has 0 spiro atoms. The highest BCUT2D eigenvalue weighted by Crippen LogP contribution is 2.75. The van der Waals surface area contributed by atoms with Crippen LogP contribution in [-0.2, 0) is 0 Å². The highest BCUT2D eigenvalue weighted by atomic mass is 16.3. The van der Waals surface area contributed by atoms with Crippen LogP contribution in [0.4, 0.5) is 0 Å². The van der Waals surface area contributed by atoms with E-state index in [9.17, 15) is 0 Å². The van der Waals surface area contributed by atoms with Crippen LogP contribution < -0.4 is 0 Å². The molecule has 0 amide bonds. The molecule has 2 atom stereocenters. The van der Waals surface area contributed by atoms with Gasteiger partial charge in [0.25, 0.3) is 0 Å². The predicted octanol–water partition coefficient (Wildman–Crippen LogP) is 1.41. The zero-order valence-corrected chi connectivity index (χ0v) is 6.15. The molecule has 0 aromatic carbocycles. The minimum atomic E-state index is 0.420. The Bertz CT molecular complexity index is 151. The maximum atomic E-state index is 8.92. The van der Waals surface area contributed by atoms with E-state index in [-0.39, 0.29) is 0 Å². The summed E-state index contributed by atoms with van der Waals surface area (Å²) in [6.07, 6.45) is 2.54. The molecule has 1 N–H and O–H groups in total. The van der Waals surface area contributed by atoms with Crippen LogP contribution >= 0.6 is 0 Å². The Labute approximate surface area is 56.1 Å². The largest absolute Gasteiger partial charge is 0.396 e. The molecule has 2 aliphatic rings. The fourth-order valence-electron chi connectivity index (χ4n) is 2.78. The molecule has 2 aliphatic carbocycles. The number of aliphatic hydroxyl groups is 1. The molecule has 2 saturated carbocycles. The summed E-state index contributed by atoms with van der Waals surface area (Å²) in [6, 6.07) is 0. The van der Waals surface area contributed by atoms with Crippen molar-refractivity contribution in [3.8, 4) is 0 Å². The summed E-state index contributed by atoms with van der Waals surface area (Å²) >= 11 is 0. The van der Waals surface area contributed by atoms with Crippen molar-refractivity contribution in [2.75, 3.05) is 6.61 Å². The molecule has 2 rings (SSSR count). The average Bonchev–Trinajstić information content (AvgIpc) is 2.39. The maximum Gasteiger partial charge on any atom is 0.0490 e. The molecule has 0 heterocycles. The second-order valence-corrected chi connectivity index (χ2v) is 4.44. The lowest BCUT2D eigenvalue weighted by atomic mass is 9.65. The van der Waals surface area contributed by atoms with Gasteiger partial charge >= 0.3 is 0 Å². The summed E-state index contributed by atoms with van der Waals surface area (Å²) in [7, 11) is 0. The Kier molecular flexibility index (Phi) is 0.760. The lowest BCUT2D eigenvalue weighted by Gasteiger charge is -2.40. The summed E-state index contributed by atoms with van der Waals surface area (Å²) in [4.78, 5) is 0. The van der Waals surface area contributed by atoms with E-state index in [1.807, 2.05) is 0 Å². The molecule has 52 valence electrons. The van der Waals surface area contributed by atoms with Crippen LogP contribution in [-0.4, -0.2) is 11.7 Å². The summed E-state index contributed by atoms with van der Waals surface area (Å²) in [5.41, 5.74) is 0.978. The molecule has 0 bridgehead atoms. The lowest BCUT2D eigenvalue weighted by molar-refractivity contribution is 0.0348. The molecule has 0 radical (unpaired) electrons. The van der Waals surface area contributed by atoms with Crippen molar-refractivity contribution in [1.29, 1.82) is 0 Å². The first-order valence-corrected chi connectivity index (χ1v) is 3.72. The van der Waals surface area contributed by atoms with Gasteiger partial charge in [0.05, 0.1) is 0 Å². The molecule has 1 nitrogen and oxygen atoms in total. The predicted molar refractivity (Wildman–Crippen MR) is 36.0 cm³/mol. The average molecular weight is 126 g/mol. The Balaban J connectivity index is 2.07. The standard InChI is InChI=1S/C8H14O/c1-7(2)4-8(5-9)3-6(7)8/h6,9H,3-5H2,1-2H3. The molecule has 0 aromatic heterocycles. The highest BCUT2D eigenvalue weighted by Gasteiger charge is 2.70. The summed E-state index contributed by atoms with van der Waals surface area (Å²) < 4.78 is 0. The normalized spacial score (nSPS) is 51.7. The van der Waals surface area contributed by atoms with Crippen LogP contribution in [0.5, 0.6) is 0 Å². The van der Waals surface area contributed by atoms with Gasteiger partial charge in [-0.2, -0.15) is 0 Å². The van der Waals surface area contributed by atoms with Crippen LogP contribution in [0.15, 0.2) is 0 Å². The van der Waals surface area contributed by atoms with Gasteiger partial charge in [-0.3, -0.25) is 0 Å². The van der Waals surface area contributed by atoms with E-state index in [2.05, 4.69) is 13.8 Å². The number of aliphatic hydroxyl groups excluding tert-OH is 1. The van der Waals surface area contributed by atoms with Crippen LogP contribution in [0.25, 0.3) is 0 Å². The minimum absolute atomic E-state index is 0.420. The molecule has 2 fully saturated rings. The molecule has 0 saturated heterocycles. The molecule has 0 aromatic rings. The second kappa shape index (κ2) is 1.20. The van der Waals surface area contributed by atoms with Gasteiger partial charge in [0.1, 0.15) is 0 Å². The van der Waals surface area contributed by atoms with Crippen molar-refractivity contribution >= 4 is 0 Å². The fraction of sp³-hybridized carbons (Fsp3) is 1.00. The molecular weight excluding hydrogens is 112 g/mol. The van der Waals surface area contributed by atoms with Crippen molar-refractivity contribution in [2.24, 2.45) is 16.7 Å². The Morgan fingerprint density at radius 2 is 2.22 bits per heavy atom. The molecule has 9 heavy (non-hydrogen) atoms. The van der Waals surface area contributed by atoms with Gasteiger partial charge in [0.2, 0.25) is 0 Å². The monoisotopic (exact) mass is 126 g/mol. The summed E-state index contributed by atoms with van der Waals surface area (Å²) in [5, 5.41) is 8.92. The second-order valence-electron chi connectivity index (χ2n) is 4.44. The first kappa shape index (κ1) is 5.72. The number of rotatable bonds is 1.